The molecule has 1 heterocycles. The van der Waals surface area contributed by atoms with Crippen molar-refractivity contribution in [3.63, 3.8) is 0 Å². The van der Waals surface area contributed by atoms with Crippen molar-refractivity contribution < 1.29 is 13.2 Å². The molecular formula is C15H20N2O3S. The standard InChI is InChI=1S/C15H20N2O3S/c1-12-5-6-15(13(10-12)4-3-8-16)21(18,19)17(2)14-7-9-20-11-14/h5-6,10,14H,7-9,11,16H2,1-2H3. The zero-order chi connectivity index (χ0) is 15.5. The van der Waals surface area contributed by atoms with E-state index in [9.17, 15) is 8.42 Å². The number of aryl methyl sites for hydroxylation is 1. The fourth-order valence-electron chi connectivity index (χ4n) is 2.27. The van der Waals surface area contributed by atoms with Crippen LogP contribution in [0.3, 0.4) is 0 Å². The van der Waals surface area contributed by atoms with Gasteiger partial charge in [0, 0.05) is 19.2 Å². The molecule has 1 atom stereocenters. The number of likely N-dealkylation sites (N-methyl/N-ethyl adjacent to an activating group) is 1. The zero-order valence-corrected chi connectivity index (χ0v) is 13.1. The van der Waals surface area contributed by atoms with Gasteiger partial charge in [0.2, 0.25) is 10.0 Å². The Balaban J connectivity index is 2.43. The maximum atomic E-state index is 12.8. The number of nitrogens with zero attached hydrogens (tertiary/aromatic N) is 1. The van der Waals surface area contributed by atoms with E-state index in [1.54, 1.807) is 25.2 Å². The second-order valence-electron chi connectivity index (χ2n) is 5.04. The molecule has 0 aliphatic carbocycles. The van der Waals surface area contributed by atoms with Crippen LogP contribution < -0.4 is 5.73 Å². The van der Waals surface area contributed by atoms with Crippen LogP contribution >= 0.6 is 0 Å². The molecule has 0 saturated carbocycles. The monoisotopic (exact) mass is 308 g/mol. The third kappa shape index (κ3) is 3.44. The molecule has 2 rings (SSSR count). The van der Waals surface area contributed by atoms with Crippen LogP contribution in [0.25, 0.3) is 0 Å². The van der Waals surface area contributed by atoms with E-state index in [-0.39, 0.29) is 17.5 Å². The van der Waals surface area contributed by atoms with Crippen LogP contribution in [0.2, 0.25) is 0 Å². The van der Waals surface area contributed by atoms with Crippen molar-refractivity contribution in [2.75, 3.05) is 26.8 Å². The number of ether oxygens (including phenoxy) is 1. The molecule has 0 spiro atoms. The number of sulfonamides is 1. The van der Waals surface area contributed by atoms with Crippen LogP contribution in [-0.4, -0.2) is 45.6 Å². The normalized spacial score (nSPS) is 18.6. The van der Waals surface area contributed by atoms with Gasteiger partial charge in [-0.2, -0.15) is 4.31 Å². The molecule has 21 heavy (non-hydrogen) atoms. The average molecular weight is 308 g/mol. The van der Waals surface area contributed by atoms with Gasteiger partial charge in [0.15, 0.2) is 0 Å². The van der Waals surface area contributed by atoms with Crippen molar-refractivity contribution in [2.45, 2.75) is 24.3 Å². The predicted molar refractivity (Wildman–Crippen MR) is 81.3 cm³/mol. The SMILES string of the molecule is Cc1ccc(S(=O)(=O)N(C)C2CCOC2)c(C#CCN)c1. The Hall–Kier alpha value is -1.39. The molecule has 5 nitrogen and oxygen atoms in total. The first-order chi connectivity index (χ1) is 9.96. The number of rotatable bonds is 3. The fraction of sp³-hybridized carbons (Fsp3) is 0.467. The van der Waals surface area contributed by atoms with E-state index in [2.05, 4.69) is 11.8 Å². The number of hydrogen-bond acceptors (Lipinski definition) is 4. The van der Waals surface area contributed by atoms with Gasteiger partial charge in [0.05, 0.1) is 24.1 Å². The highest BCUT2D eigenvalue weighted by molar-refractivity contribution is 7.89. The number of hydrogen-bond donors (Lipinski definition) is 1. The highest BCUT2D eigenvalue weighted by Crippen LogP contribution is 2.24. The summed E-state index contributed by atoms with van der Waals surface area (Å²) in [5.41, 5.74) is 6.84. The smallest absolute Gasteiger partial charge is 0.244 e. The Labute approximate surface area is 126 Å². The van der Waals surface area contributed by atoms with E-state index < -0.39 is 10.0 Å². The summed E-state index contributed by atoms with van der Waals surface area (Å²) in [7, 11) is -2.00. The van der Waals surface area contributed by atoms with Crippen LogP contribution in [0.5, 0.6) is 0 Å². The van der Waals surface area contributed by atoms with Gasteiger partial charge < -0.3 is 10.5 Å². The molecule has 0 bridgehead atoms. The van der Waals surface area contributed by atoms with Gasteiger partial charge in [-0.05, 0) is 31.0 Å². The van der Waals surface area contributed by atoms with Crippen molar-refractivity contribution in [1.82, 2.24) is 4.31 Å². The van der Waals surface area contributed by atoms with E-state index in [4.69, 9.17) is 10.5 Å². The van der Waals surface area contributed by atoms with Crippen molar-refractivity contribution in [2.24, 2.45) is 5.73 Å². The van der Waals surface area contributed by atoms with Crippen molar-refractivity contribution in [3.05, 3.63) is 29.3 Å². The summed E-state index contributed by atoms with van der Waals surface area (Å²) in [6.07, 6.45) is 0.714. The highest BCUT2D eigenvalue weighted by atomic mass is 32.2. The quantitative estimate of drug-likeness (QED) is 0.835. The molecule has 1 unspecified atom stereocenters. The third-order valence-corrected chi connectivity index (χ3v) is 5.51. The molecule has 114 valence electrons. The molecule has 1 fully saturated rings. The van der Waals surface area contributed by atoms with Crippen molar-refractivity contribution in [1.29, 1.82) is 0 Å². The third-order valence-electron chi connectivity index (χ3n) is 3.54. The molecule has 1 aliphatic rings. The lowest BCUT2D eigenvalue weighted by atomic mass is 10.1. The van der Waals surface area contributed by atoms with E-state index >= 15 is 0 Å². The summed E-state index contributed by atoms with van der Waals surface area (Å²) in [6.45, 7) is 3.13. The van der Waals surface area contributed by atoms with Crippen LogP contribution in [0.4, 0.5) is 0 Å². The minimum absolute atomic E-state index is 0.119. The molecule has 1 aromatic rings. The Kier molecular flexibility index (Phi) is 5.01. The van der Waals surface area contributed by atoms with E-state index in [1.807, 2.05) is 6.92 Å². The van der Waals surface area contributed by atoms with Gasteiger partial charge in [-0.15, -0.1) is 0 Å². The Morgan fingerprint density at radius 3 is 2.86 bits per heavy atom. The lowest BCUT2D eigenvalue weighted by Gasteiger charge is -2.23. The Morgan fingerprint density at radius 1 is 1.48 bits per heavy atom. The van der Waals surface area contributed by atoms with Gasteiger partial charge in [-0.3, -0.25) is 0 Å². The van der Waals surface area contributed by atoms with Gasteiger partial charge in [0.25, 0.3) is 0 Å². The van der Waals surface area contributed by atoms with Gasteiger partial charge in [0.1, 0.15) is 0 Å². The second kappa shape index (κ2) is 6.58. The second-order valence-corrected chi connectivity index (χ2v) is 7.01. The Bertz CT molecular complexity index is 668. The molecule has 1 saturated heterocycles. The lowest BCUT2D eigenvalue weighted by molar-refractivity contribution is 0.181. The first-order valence-corrected chi connectivity index (χ1v) is 8.26. The molecule has 0 radical (unpaired) electrons. The first kappa shape index (κ1) is 16.0. The van der Waals surface area contributed by atoms with Crippen LogP contribution in [0.15, 0.2) is 23.1 Å². The van der Waals surface area contributed by atoms with Crippen LogP contribution in [0.1, 0.15) is 17.5 Å². The van der Waals surface area contributed by atoms with Gasteiger partial charge >= 0.3 is 0 Å². The lowest BCUT2D eigenvalue weighted by Crippen LogP contribution is -2.37. The molecular weight excluding hydrogens is 288 g/mol. The minimum atomic E-state index is -3.59. The summed E-state index contributed by atoms with van der Waals surface area (Å²) in [5.74, 6) is 5.58. The topological polar surface area (TPSA) is 72.6 Å². The molecule has 0 amide bonds. The summed E-state index contributed by atoms with van der Waals surface area (Å²) >= 11 is 0. The maximum Gasteiger partial charge on any atom is 0.244 e. The summed E-state index contributed by atoms with van der Waals surface area (Å²) < 4.78 is 32.2. The van der Waals surface area contributed by atoms with Crippen molar-refractivity contribution >= 4 is 10.0 Å². The first-order valence-electron chi connectivity index (χ1n) is 6.82. The Morgan fingerprint density at radius 2 is 2.24 bits per heavy atom. The highest BCUT2D eigenvalue weighted by Gasteiger charge is 2.31. The summed E-state index contributed by atoms with van der Waals surface area (Å²) in [6, 6.07) is 5.04. The maximum absolute atomic E-state index is 12.8. The molecule has 1 aliphatic heterocycles. The minimum Gasteiger partial charge on any atom is -0.380 e. The molecule has 6 heteroatoms. The molecule has 1 aromatic carbocycles. The largest absolute Gasteiger partial charge is 0.380 e. The zero-order valence-electron chi connectivity index (χ0n) is 12.3. The van der Waals surface area contributed by atoms with E-state index in [0.29, 0.717) is 25.2 Å². The summed E-state index contributed by atoms with van der Waals surface area (Å²) in [5, 5.41) is 0. The average Bonchev–Trinajstić information content (AvgIpc) is 2.98. The molecule has 0 aromatic heterocycles. The fourth-order valence-corrected chi connectivity index (χ4v) is 3.77. The summed E-state index contributed by atoms with van der Waals surface area (Å²) in [4.78, 5) is 0.225. The van der Waals surface area contributed by atoms with Gasteiger partial charge in [-0.1, -0.05) is 17.9 Å². The van der Waals surface area contributed by atoms with E-state index in [1.165, 1.54) is 4.31 Å². The number of nitrogens with two attached hydrogens (primary N) is 1. The number of benzene rings is 1. The predicted octanol–water partition coefficient (Wildman–Crippen LogP) is 0.715. The molecule has 2 N–H and O–H groups in total. The van der Waals surface area contributed by atoms with Crippen molar-refractivity contribution in [3.8, 4) is 11.8 Å². The van der Waals surface area contributed by atoms with Crippen LogP contribution in [0, 0.1) is 18.8 Å². The van der Waals surface area contributed by atoms with Crippen LogP contribution in [-0.2, 0) is 14.8 Å². The van der Waals surface area contributed by atoms with Gasteiger partial charge in [-0.25, -0.2) is 8.42 Å². The van der Waals surface area contributed by atoms with E-state index in [0.717, 1.165) is 5.56 Å².